The summed E-state index contributed by atoms with van der Waals surface area (Å²) in [4.78, 5) is 18.8. The average molecular weight is 267 g/mol. The van der Waals surface area contributed by atoms with Crippen LogP contribution in [-0.2, 0) is 0 Å². The van der Waals surface area contributed by atoms with Crippen molar-refractivity contribution >= 4 is 23.2 Å². The molecular weight excluding hydrogens is 256 g/mol. The van der Waals surface area contributed by atoms with Crippen molar-refractivity contribution in [1.82, 2.24) is 19.7 Å². The molecule has 0 radical (unpaired) electrons. The van der Waals surface area contributed by atoms with E-state index in [1.54, 1.807) is 12.4 Å². The Morgan fingerprint density at radius 2 is 2.28 bits per heavy atom. The number of halogens is 1. The van der Waals surface area contributed by atoms with Crippen LogP contribution in [0.4, 0.5) is 4.79 Å². The van der Waals surface area contributed by atoms with Crippen molar-refractivity contribution in [2.24, 2.45) is 0 Å². The van der Waals surface area contributed by atoms with Crippen molar-refractivity contribution < 1.29 is 9.90 Å². The SMILES string of the molecule is O=C(O)NC1CC(c2ncc3c(Cl)nccn23)C1. The van der Waals surface area contributed by atoms with Crippen LogP contribution in [0.1, 0.15) is 24.6 Å². The van der Waals surface area contributed by atoms with E-state index in [-0.39, 0.29) is 12.0 Å². The van der Waals surface area contributed by atoms with E-state index in [9.17, 15) is 4.79 Å². The number of carboxylic acid groups (broad SMARTS) is 1. The first kappa shape index (κ1) is 11.3. The molecule has 1 aliphatic rings. The Kier molecular flexibility index (Phi) is 2.59. The second-order valence-corrected chi connectivity index (χ2v) is 4.76. The molecule has 2 heterocycles. The first-order valence-corrected chi connectivity index (χ1v) is 6.00. The quantitative estimate of drug-likeness (QED) is 0.870. The minimum absolute atomic E-state index is 0.0251. The van der Waals surface area contributed by atoms with E-state index in [2.05, 4.69) is 15.3 Å². The lowest BCUT2D eigenvalue weighted by molar-refractivity contribution is 0.177. The van der Waals surface area contributed by atoms with E-state index in [0.29, 0.717) is 5.15 Å². The first-order chi connectivity index (χ1) is 8.65. The lowest BCUT2D eigenvalue weighted by Gasteiger charge is -2.34. The van der Waals surface area contributed by atoms with Crippen LogP contribution in [0.3, 0.4) is 0 Å². The molecule has 2 aromatic heterocycles. The number of fused-ring (bicyclic) bond motifs is 1. The number of aromatic nitrogens is 3. The number of nitrogens with one attached hydrogen (secondary N) is 1. The van der Waals surface area contributed by atoms with Gasteiger partial charge in [0.05, 0.1) is 6.20 Å². The fourth-order valence-electron chi connectivity index (χ4n) is 2.34. The van der Waals surface area contributed by atoms with Gasteiger partial charge in [-0.15, -0.1) is 0 Å². The fourth-order valence-corrected chi connectivity index (χ4v) is 2.54. The van der Waals surface area contributed by atoms with Crippen LogP contribution < -0.4 is 5.32 Å². The van der Waals surface area contributed by atoms with E-state index in [1.807, 2.05) is 10.6 Å². The maximum absolute atomic E-state index is 10.5. The minimum Gasteiger partial charge on any atom is -0.465 e. The van der Waals surface area contributed by atoms with Crippen molar-refractivity contribution in [1.29, 1.82) is 0 Å². The summed E-state index contributed by atoms with van der Waals surface area (Å²) in [7, 11) is 0. The van der Waals surface area contributed by atoms with Crippen LogP contribution in [0, 0.1) is 0 Å². The number of amides is 1. The van der Waals surface area contributed by atoms with Crippen LogP contribution >= 0.6 is 11.6 Å². The normalized spacial score (nSPS) is 22.7. The van der Waals surface area contributed by atoms with Crippen LogP contribution in [0.15, 0.2) is 18.6 Å². The Morgan fingerprint density at radius 1 is 1.50 bits per heavy atom. The molecule has 94 valence electrons. The van der Waals surface area contributed by atoms with Gasteiger partial charge in [-0.2, -0.15) is 0 Å². The zero-order valence-electron chi connectivity index (χ0n) is 9.38. The molecule has 2 aromatic rings. The molecule has 1 aliphatic carbocycles. The Labute approximate surface area is 108 Å². The lowest BCUT2D eigenvalue weighted by Crippen LogP contribution is -2.43. The van der Waals surface area contributed by atoms with Gasteiger partial charge in [0.15, 0.2) is 5.15 Å². The molecule has 0 atom stereocenters. The summed E-state index contributed by atoms with van der Waals surface area (Å²) in [5, 5.41) is 11.5. The highest BCUT2D eigenvalue weighted by molar-refractivity contribution is 6.32. The molecule has 0 aromatic carbocycles. The fraction of sp³-hybridized carbons (Fsp3) is 0.364. The highest BCUT2D eigenvalue weighted by Gasteiger charge is 2.34. The number of imidazole rings is 1. The molecule has 7 heteroatoms. The van der Waals surface area contributed by atoms with Crippen molar-refractivity contribution in [3.05, 3.63) is 29.6 Å². The second kappa shape index (κ2) is 4.13. The summed E-state index contributed by atoms with van der Waals surface area (Å²) in [5.41, 5.74) is 0.781. The van der Waals surface area contributed by atoms with Gasteiger partial charge in [0, 0.05) is 24.4 Å². The summed E-state index contributed by atoms with van der Waals surface area (Å²) < 4.78 is 1.91. The molecule has 1 amide bonds. The standard InChI is InChI=1S/C11H11ClN4O2/c12-9-8-5-14-10(16(8)2-1-13-9)6-3-7(4-6)15-11(17)18/h1-2,5-7,15H,3-4H2,(H,17,18). The molecule has 18 heavy (non-hydrogen) atoms. The predicted molar refractivity (Wildman–Crippen MR) is 64.9 cm³/mol. The topological polar surface area (TPSA) is 79.5 Å². The van der Waals surface area contributed by atoms with Gasteiger partial charge < -0.3 is 10.4 Å². The van der Waals surface area contributed by atoms with Gasteiger partial charge in [-0.1, -0.05) is 11.6 Å². The molecule has 6 nitrogen and oxygen atoms in total. The summed E-state index contributed by atoms with van der Waals surface area (Å²) >= 11 is 5.97. The van der Waals surface area contributed by atoms with Gasteiger partial charge in [0.25, 0.3) is 0 Å². The Morgan fingerprint density at radius 3 is 3.00 bits per heavy atom. The maximum Gasteiger partial charge on any atom is 0.404 e. The first-order valence-electron chi connectivity index (χ1n) is 5.62. The molecule has 0 aliphatic heterocycles. The Bertz CT molecular complexity index is 606. The largest absolute Gasteiger partial charge is 0.465 e. The second-order valence-electron chi connectivity index (χ2n) is 4.40. The van der Waals surface area contributed by atoms with Gasteiger partial charge in [0.2, 0.25) is 0 Å². The molecule has 0 spiro atoms. The van der Waals surface area contributed by atoms with Crippen LogP contribution in [0.2, 0.25) is 5.15 Å². The van der Waals surface area contributed by atoms with Gasteiger partial charge in [-0.05, 0) is 12.8 Å². The van der Waals surface area contributed by atoms with E-state index in [4.69, 9.17) is 16.7 Å². The third kappa shape index (κ3) is 1.78. The maximum atomic E-state index is 10.5. The summed E-state index contributed by atoms with van der Waals surface area (Å²) in [6.07, 6.45) is 5.71. The number of nitrogens with zero attached hydrogens (tertiary/aromatic N) is 3. The van der Waals surface area contributed by atoms with Gasteiger partial charge >= 0.3 is 6.09 Å². The zero-order chi connectivity index (χ0) is 12.7. The molecule has 3 rings (SSSR count). The van der Waals surface area contributed by atoms with Gasteiger partial charge in [-0.3, -0.25) is 4.40 Å². The highest BCUT2D eigenvalue weighted by Crippen LogP contribution is 2.36. The Hall–Kier alpha value is -1.82. The van der Waals surface area contributed by atoms with E-state index in [0.717, 1.165) is 24.2 Å². The molecule has 1 saturated carbocycles. The summed E-state index contributed by atoms with van der Waals surface area (Å²) in [6, 6.07) is 0.0251. The molecule has 0 saturated heterocycles. The molecule has 0 unspecified atom stereocenters. The van der Waals surface area contributed by atoms with Gasteiger partial charge in [-0.25, -0.2) is 14.8 Å². The number of carbonyl (C=O) groups is 1. The van der Waals surface area contributed by atoms with Crippen molar-refractivity contribution in [3.8, 4) is 0 Å². The number of rotatable bonds is 2. The third-order valence-corrected chi connectivity index (χ3v) is 3.56. The zero-order valence-corrected chi connectivity index (χ0v) is 10.1. The van der Waals surface area contributed by atoms with Crippen LogP contribution in [0.25, 0.3) is 5.52 Å². The smallest absolute Gasteiger partial charge is 0.404 e. The Balaban J connectivity index is 1.81. The monoisotopic (exact) mass is 266 g/mol. The van der Waals surface area contributed by atoms with Crippen LogP contribution in [-0.4, -0.2) is 31.6 Å². The third-order valence-electron chi connectivity index (χ3n) is 3.27. The molecular formula is C11H11ClN4O2. The average Bonchev–Trinajstić information content (AvgIpc) is 2.67. The van der Waals surface area contributed by atoms with E-state index in [1.165, 1.54) is 0 Å². The molecule has 2 N–H and O–H groups in total. The number of hydrogen-bond acceptors (Lipinski definition) is 3. The minimum atomic E-state index is -0.973. The van der Waals surface area contributed by atoms with Gasteiger partial charge in [0.1, 0.15) is 11.3 Å². The molecule has 0 bridgehead atoms. The van der Waals surface area contributed by atoms with E-state index < -0.39 is 6.09 Å². The van der Waals surface area contributed by atoms with Crippen molar-refractivity contribution in [3.63, 3.8) is 0 Å². The lowest BCUT2D eigenvalue weighted by atomic mass is 9.80. The van der Waals surface area contributed by atoms with E-state index >= 15 is 0 Å². The number of hydrogen-bond donors (Lipinski definition) is 2. The predicted octanol–water partition coefficient (Wildman–Crippen LogP) is 1.90. The van der Waals surface area contributed by atoms with Crippen molar-refractivity contribution in [2.75, 3.05) is 0 Å². The highest BCUT2D eigenvalue weighted by atomic mass is 35.5. The summed E-state index contributed by atoms with van der Waals surface area (Å²) in [5.74, 6) is 1.18. The summed E-state index contributed by atoms with van der Waals surface area (Å²) in [6.45, 7) is 0. The molecule has 1 fully saturated rings. The van der Waals surface area contributed by atoms with Crippen LogP contribution in [0.5, 0.6) is 0 Å². The van der Waals surface area contributed by atoms with Crippen molar-refractivity contribution in [2.45, 2.75) is 24.8 Å².